The molecule has 1 amide bonds. The lowest BCUT2D eigenvalue weighted by Crippen LogP contribution is -2.44. The van der Waals surface area contributed by atoms with Crippen LogP contribution < -0.4 is 10.2 Å². The second kappa shape index (κ2) is 5.53. The molecule has 0 fully saturated rings. The van der Waals surface area contributed by atoms with E-state index in [1.807, 2.05) is 17.0 Å². The molecule has 1 atom stereocenters. The Morgan fingerprint density at radius 3 is 2.89 bits per heavy atom. The van der Waals surface area contributed by atoms with Crippen LogP contribution in [0.15, 0.2) is 24.3 Å². The summed E-state index contributed by atoms with van der Waals surface area (Å²) in [7, 11) is 0. The van der Waals surface area contributed by atoms with Crippen LogP contribution in [0.3, 0.4) is 0 Å². The van der Waals surface area contributed by atoms with Crippen molar-refractivity contribution in [2.45, 2.75) is 33.2 Å². The van der Waals surface area contributed by atoms with Crippen molar-refractivity contribution in [3.05, 3.63) is 29.8 Å². The van der Waals surface area contributed by atoms with E-state index in [9.17, 15) is 4.79 Å². The average molecular weight is 246 g/mol. The van der Waals surface area contributed by atoms with E-state index in [1.54, 1.807) is 0 Å². The maximum Gasteiger partial charge on any atom is 0.240 e. The third-order valence-corrected chi connectivity index (χ3v) is 3.31. The second-order valence-electron chi connectivity index (χ2n) is 5.48. The van der Waals surface area contributed by atoms with Crippen LogP contribution in [0.2, 0.25) is 0 Å². The van der Waals surface area contributed by atoms with Gasteiger partial charge in [-0.15, -0.1) is 0 Å². The molecule has 1 heterocycles. The minimum absolute atomic E-state index is 0.169. The molecule has 0 saturated heterocycles. The molecule has 0 aliphatic carbocycles. The zero-order valence-corrected chi connectivity index (χ0v) is 11.4. The first-order chi connectivity index (χ1) is 8.58. The number of nitrogens with one attached hydrogen (secondary N) is 1. The van der Waals surface area contributed by atoms with Gasteiger partial charge in [0.05, 0.1) is 6.54 Å². The highest BCUT2D eigenvalue weighted by atomic mass is 16.2. The Morgan fingerprint density at radius 2 is 2.17 bits per heavy atom. The lowest BCUT2D eigenvalue weighted by Gasteiger charge is -2.33. The summed E-state index contributed by atoms with van der Waals surface area (Å²) in [5.41, 5.74) is 2.38. The highest BCUT2D eigenvalue weighted by Gasteiger charge is 2.25. The fraction of sp³-hybridized carbons (Fsp3) is 0.533. The number of fused-ring (bicyclic) bond motifs is 1. The number of para-hydroxylation sites is 1. The van der Waals surface area contributed by atoms with Gasteiger partial charge < -0.3 is 10.2 Å². The van der Waals surface area contributed by atoms with Gasteiger partial charge in [0, 0.05) is 18.3 Å². The number of hydrogen-bond donors (Lipinski definition) is 1. The molecule has 0 saturated carbocycles. The van der Waals surface area contributed by atoms with E-state index in [0.717, 1.165) is 18.7 Å². The molecule has 1 N–H and O–H groups in total. The van der Waals surface area contributed by atoms with Crippen molar-refractivity contribution in [2.24, 2.45) is 5.92 Å². The largest absolute Gasteiger partial charge is 0.311 e. The zero-order valence-electron chi connectivity index (χ0n) is 11.4. The van der Waals surface area contributed by atoms with Gasteiger partial charge in [-0.2, -0.15) is 0 Å². The Balaban J connectivity index is 2.15. The number of hydrogen-bond acceptors (Lipinski definition) is 2. The van der Waals surface area contributed by atoms with Gasteiger partial charge in [-0.3, -0.25) is 4.79 Å². The summed E-state index contributed by atoms with van der Waals surface area (Å²) in [4.78, 5) is 14.2. The fourth-order valence-corrected chi connectivity index (χ4v) is 2.42. The van der Waals surface area contributed by atoms with Crippen LogP contribution in [0, 0.1) is 5.92 Å². The molecule has 1 unspecified atom stereocenters. The van der Waals surface area contributed by atoms with Crippen LogP contribution in [0.25, 0.3) is 0 Å². The first kappa shape index (κ1) is 13.1. The minimum Gasteiger partial charge on any atom is -0.311 e. The third-order valence-electron chi connectivity index (χ3n) is 3.31. The quantitative estimate of drug-likeness (QED) is 0.887. The molecule has 0 radical (unpaired) electrons. The number of anilines is 1. The molecule has 1 aromatic carbocycles. The lowest BCUT2D eigenvalue weighted by atomic mass is 9.94. The summed E-state index contributed by atoms with van der Waals surface area (Å²) in [5, 5.41) is 3.20. The van der Waals surface area contributed by atoms with Crippen LogP contribution >= 0.6 is 0 Å². The summed E-state index contributed by atoms with van der Waals surface area (Å²) in [6.45, 7) is 7.56. The van der Waals surface area contributed by atoms with Crippen LogP contribution in [0.5, 0.6) is 0 Å². The molecule has 1 aliphatic heterocycles. The molecule has 1 aliphatic rings. The smallest absolute Gasteiger partial charge is 0.240 e. The lowest BCUT2D eigenvalue weighted by molar-refractivity contribution is -0.118. The van der Waals surface area contributed by atoms with Crippen molar-refractivity contribution in [1.29, 1.82) is 0 Å². The first-order valence-corrected chi connectivity index (χ1v) is 6.69. The minimum atomic E-state index is 0.169. The Morgan fingerprint density at radius 1 is 1.44 bits per heavy atom. The van der Waals surface area contributed by atoms with Gasteiger partial charge in [0.15, 0.2) is 0 Å². The highest BCUT2D eigenvalue weighted by Crippen LogP contribution is 2.29. The zero-order chi connectivity index (χ0) is 13.1. The standard InChI is InChI=1S/C15H22N2O/c1-11(2)16-9-15(18)17-10-12(3)8-13-6-4-5-7-14(13)17/h4-7,11-12,16H,8-10H2,1-3H3. The molecule has 0 bridgehead atoms. The molecular formula is C15H22N2O. The number of carbonyl (C=O) groups excluding carboxylic acids is 1. The summed E-state index contributed by atoms with van der Waals surface area (Å²) in [6.07, 6.45) is 1.07. The van der Waals surface area contributed by atoms with E-state index in [-0.39, 0.29) is 5.91 Å². The van der Waals surface area contributed by atoms with Crippen molar-refractivity contribution in [2.75, 3.05) is 18.0 Å². The maximum absolute atomic E-state index is 12.3. The van der Waals surface area contributed by atoms with Crippen LogP contribution in [-0.2, 0) is 11.2 Å². The predicted molar refractivity (Wildman–Crippen MR) is 74.8 cm³/mol. The molecule has 0 aromatic heterocycles. The van der Waals surface area contributed by atoms with Gasteiger partial charge in [-0.1, -0.05) is 39.0 Å². The number of carbonyl (C=O) groups is 1. The Bertz CT molecular complexity index is 428. The molecule has 3 heteroatoms. The van der Waals surface area contributed by atoms with E-state index in [0.29, 0.717) is 18.5 Å². The summed E-state index contributed by atoms with van der Waals surface area (Å²) >= 11 is 0. The van der Waals surface area contributed by atoms with E-state index >= 15 is 0 Å². The van der Waals surface area contributed by atoms with Crippen molar-refractivity contribution in [3.8, 4) is 0 Å². The molecule has 1 aromatic rings. The second-order valence-corrected chi connectivity index (χ2v) is 5.48. The van der Waals surface area contributed by atoms with Gasteiger partial charge in [-0.25, -0.2) is 0 Å². The maximum atomic E-state index is 12.3. The Hall–Kier alpha value is -1.35. The molecule has 0 spiro atoms. The Kier molecular flexibility index (Phi) is 4.02. The van der Waals surface area contributed by atoms with Crippen LogP contribution in [0.1, 0.15) is 26.3 Å². The van der Waals surface area contributed by atoms with Crippen molar-refractivity contribution >= 4 is 11.6 Å². The molecule has 3 nitrogen and oxygen atoms in total. The Labute approximate surface area is 109 Å². The molecule has 2 rings (SSSR count). The monoisotopic (exact) mass is 246 g/mol. The molecule has 98 valence electrons. The summed E-state index contributed by atoms with van der Waals surface area (Å²) < 4.78 is 0. The van der Waals surface area contributed by atoms with Crippen LogP contribution in [0.4, 0.5) is 5.69 Å². The number of amides is 1. The fourth-order valence-electron chi connectivity index (χ4n) is 2.42. The topological polar surface area (TPSA) is 32.3 Å². The average Bonchev–Trinajstić information content (AvgIpc) is 2.34. The van der Waals surface area contributed by atoms with Gasteiger partial charge in [0.1, 0.15) is 0 Å². The predicted octanol–water partition coefficient (Wildman–Crippen LogP) is 2.21. The third kappa shape index (κ3) is 2.91. The van der Waals surface area contributed by atoms with Crippen molar-refractivity contribution in [1.82, 2.24) is 5.32 Å². The van der Waals surface area contributed by atoms with E-state index in [2.05, 4.69) is 38.2 Å². The first-order valence-electron chi connectivity index (χ1n) is 6.69. The van der Waals surface area contributed by atoms with Gasteiger partial charge in [0.25, 0.3) is 0 Å². The van der Waals surface area contributed by atoms with Gasteiger partial charge >= 0.3 is 0 Å². The number of rotatable bonds is 3. The van der Waals surface area contributed by atoms with E-state index < -0.39 is 0 Å². The van der Waals surface area contributed by atoms with Gasteiger partial charge in [-0.05, 0) is 24.0 Å². The van der Waals surface area contributed by atoms with E-state index in [1.165, 1.54) is 5.56 Å². The van der Waals surface area contributed by atoms with Crippen molar-refractivity contribution < 1.29 is 4.79 Å². The summed E-state index contributed by atoms with van der Waals surface area (Å²) in [5.74, 6) is 0.700. The van der Waals surface area contributed by atoms with Crippen molar-refractivity contribution in [3.63, 3.8) is 0 Å². The number of benzene rings is 1. The molecule has 18 heavy (non-hydrogen) atoms. The highest BCUT2D eigenvalue weighted by molar-refractivity contribution is 5.96. The number of nitrogens with zero attached hydrogens (tertiary/aromatic N) is 1. The van der Waals surface area contributed by atoms with E-state index in [4.69, 9.17) is 0 Å². The SMILES string of the molecule is CC1Cc2ccccc2N(C(=O)CNC(C)C)C1. The van der Waals surface area contributed by atoms with Crippen LogP contribution in [-0.4, -0.2) is 25.0 Å². The molecular weight excluding hydrogens is 224 g/mol. The summed E-state index contributed by atoms with van der Waals surface area (Å²) in [6, 6.07) is 8.57. The van der Waals surface area contributed by atoms with Gasteiger partial charge in [0.2, 0.25) is 5.91 Å². The normalized spacial score (nSPS) is 18.9.